The van der Waals surface area contributed by atoms with E-state index in [0.717, 1.165) is 0 Å². The molecule has 0 aliphatic carbocycles. The quantitative estimate of drug-likeness (QED) is 0.190. The zero-order chi connectivity index (χ0) is 32.9. The Labute approximate surface area is 276 Å². The van der Waals surface area contributed by atoms with Crippen LogP contribution in [0.5, 0.6) is 11.5 Å². The maximum Gasteiger partial charge on any atom is 0.266 e. The fourth-order valence-electron chi connectivity index (χ4n) is 5.51. The molecule has 0 unspecified atom stereocenters. The molecule has 1 fully saturated rings. The Morgan fingerprint density at radius 2 is 1.74 bits per heavy atom. The minimum absolute atomic E-state index is 0.0675. The molecular weight excluding hydrogens is 620 g/mol. The number of aromatic nitrogens is 4. The first-order valence-electron chi connectivity index (χ1n) is 15.4. The molecule has 3 aromatic carbocycles. The third-order valence-electron chi connectivity index (χ3n) is 7.88. The molecule has 1 saturated heterocycles. The summed E-state index contributed by atoms with van der Waals surface area (Å²) in [5.74, 6) is 1.32. The van der Waals surface area contributed by atoms with E-state index in [-0.39, 0.29) is 36.5 Å². The minimum Gasteiger partial charge on any atom is -0.489 e. The van der Waals surface area contributed by atoms with E-state index in [1.165, 1.54) is 0 Å². The molecule has 1 aliphatic rings. The number of Topliss-reactive ketones (excluding diaryl/α,β-unsaturated/α-hetero) is 1. The van der Waals surface area contributed by atoms with E-state index in [9.17, 15) is 14.4 Å². The predicted molar refractivity (Wildman–Crippen MR) is 178 cm³/mol. The van der Waals surface area contributed by atoms with Gasteiger partial charge >= 0.3 is 0 Å². The van der Waals surface area contributed by atoms with Crippen LogP contribution in [0.15, 0.2) is 90.2 Å². The monoisotopic (exact) mass is 654 g/mol. The van der Waals surface area contributed by atoms with Crippen LogP contribution < -0.4 is 15.0 Å². The first-order chi connectivity index (χ1) is 22.7. The number of piperazine rings is 1. The van der Waals surface area contributed by atoms with Gasteiger partial charge in [0.15, 0.2) is 12.4 Å². The second kappa shape index (κ2) is 14.2. The molecule has 0 N–H and O–H groups in total. The van der Waals surface area contributed by atoms with Crippen molar-refractivity contribution in [2.24, 2.45) is 0 Å². The molecule has 0 atom stereocenters. The second-order valence-electron chi connectivity index (χ2n) is 11.6. The van der Waals surface area contributed by atoms with Crippen LogP contribution in [0.4, 0.5) is 0 Å². The molecule has 11 nitrogen and oxygen atoms in total. The third-order valence-corrected chi connectivity index (χ3v) is 8.13. The summed E-state index contributed by atoms with van der Waals surface area (Å²) in [6.07, 6.45) is 4.76. The van der Waals surface area contributed by atoms with Crippen LogP contribution >= 0.6 is 11.6 Å². The number of rotatable bonds is 11. The van der Waals surface area contributed by atoms with Crippen molar-refractivity contribution in [1.82, 2.24) is 28.9 Å². The number of carbonyl (C=O) groups is 2. The van der Waals surface area contributed by atoms with Gasteiger partial charge in [-0.25, -0.2) is 9.97 Å². The lowest BCUT2D eigenvalue weighted by molar-refractivity contribution is -0.135. The number of ketones is 1. The smallest absolute Gasteiger partial charge is 0.266 e. The molecule has 0 saturated carbocycles. The Hall–Kier alpha value is -5.00. The zero-order valence-electron chi connectivity index (χ0n) is 26.2. The van der Waals surface area contributed by atoms with Crippen molar-refractivity contribution in [3.8, 4) is 17.2 Å². The molecule has 47 heavy (non-hydrogen) atoms. The molecule has 2 aromatic heterocycles. The summed E-state index contributed by atoms with van der Waals surface area (Å²) in [5, 5.41) is 1.06. The minimum atomic E-state index is -0.258. The largest absolute Gasteiger partial charge is 0.489 e. The number of nitrogens with zero attached hydrogens (tertiary/aromatic N) is 6. The van der Waals surface area contributed by atoms with Gasteiger partial charge in [0.1, 0.15) is 17.3 Å². The second-order valence-corrected chi connectivity index (χ2v) is 12.0. The first-order valence-corrected chi connectivity index (χ1v) is 15.8. The molecule has 0 radical (unpaired) electrons. The van der Waals surface area contributed by atoms with Crippen LogP contribution in [0.25, 0.3) is 16.6 Å². The third kappa shape index (κ3) is 7.53. The Morgan fingerprint density at radius 3 is 2.47 bits per heavy atom. The molecule has 5 aromatic rings. The average Bonchev–Trinajstić information content (AvgIpc) is 3.58. The Morgan fingerprint density at radius 1 is 0.979 bits per heavy atom. The summed E-state index contributed by atoms with van der Waals surface area (Å²) in [6, 6.07) is 19.3. The van der Waals surface area contributed by atoms with E-state index in [2.05, 4.69) is 9.88 Å². The Balaban J connectivity index is 1.27. The van der Waals surface area contributed by atoms with Crippen LogP contribution in [0.2, 0.25) is 5.02 Å². The van der Waals surface area contributed by atoms with E-state index < -0.39 is 0 Å². The lowest BCUT2D eigenvalue weighted by Crippen LogP contribution is -2.50. The lowest BCUT2D eigenvalue weighted by atomic mass is 10.1. The van der Waals surface area contributed by atoms with Gasteiger partial charge in [-0.2, -0.15) is 0 Å². The van der Waals surface area contributed by atoms with Gasteiger partial charge < -0.3 is 18.9 Å². The molecule has 3 heterocycles. The maximum atomic E-state index is 14.2. The summed E-state index contributed by atoms with van der Waals surface area (Å²) in [7, 11) is 0. The van der Waals surface area contributed by atoms with E-state index in [4.69, 9.17) is 26.1 Å². The van der Waals surface area contributed by atoms with Crippen molar-refractivity contribution in [3.05, 3.63) is 112 Å². The van der Waals surface area contributed by atoms with E-state index in [0.29, 0.717) is 77.2 Å². The van der Waals surface area contributed by atoms with Crippen LogP contribution in [0, 0.1) is 0 Å². The highest BCUT2D eigenvalue weighted by molar-refractivity contribution is 6.30. The van der Waals surface area contributed by atoms with Gasteiger partial charge in [0.2, 0.25) is 0 Å². The zero-order valence-corrected chi connectivity index (χ0v) is 27.0. The van der Waals surface area contributed by atoms with Crippen LogP contribution in [-0.2, 0) is 17.9 Å². The number of hydrogen-bond acceptors (Lipinski definition) is 8. The number of ether oxygens (including phenoxy) is 2. The van der Waals surface area contributed by atoms with E-state index in [1.807, 2.05) is 26.0 Å². The molecule has 1 amide bonds. The maximum absolute atomic E-state index is 14.2. The predicted octanol–water partition coefficient (Wildman–Crippen LogP) is 4.63. The van der Waals surface area contributed by atoms with Gasteiger partial charge in [0.25, 0.3) is 11.5 Å². The summed E-state index contributed by atoms with van der Waals surface area (Å²) in [5.41, 5.74) is 1.20. The van der Waals surface area contributed by atoms with E-state index in [1.54, 1.807) is 87.4 Å². The van der Waals surface area contributed by atoms with Crippen molar-refractivity contribution in [3.63, 3.8) is 0 Å². The van der Waals surface area contributed by atoms with Crippen molar-refractivity contribution >= 4 is 34.2 Å². The SMILES string of the molecule is CC(C)Oc1ccc(C(=O)Cn2ccnc2)cc1-n1c(CN2CCN(C(=O)COc3ccc(Cl)cc3)CC2)nc2ccccc2c1=O. The van der Waals surface area contributed by atoms with Crippen LogP contribution in [0.1, 0.15) is 30.0 Å². The molecule has 0 spiro atoms. The lowest BCUT2D eigenvalue weighted by Gasteiger charge is -2.34. The molecule has 6 rings (SSSR count). The number of para-hydroxylation sites is 1. The van der Waals surface area contributed by atoms with Crippen molar-refractivity contribution in [2.75, 3.05) is 32.8 Å². The fourth-order valence-corrected chi connectivity index (χ4v) is 5.64. The van der Waals surface area contributed by atoms with Gasteiger partial charge in [-0.1, -0.05) is 23.7 Å². The van der Waals surface area contributed by atoms with Gasteiger partial charge in [-0.3, -0.25) is 23.9 Å². The average molecular weight is 655 g/mol. The van der Waals surface area contributed by atoms with Crippen molar-refractivity contribution in [2.45, 2.75) is 33.0 Å². The number of imidazole rings is 1. The summed E-state index contributed by atoms with van der Waals surface area (Å²) < 4.78 is 15.1. The van der Waals surface area contributed by atoms with Gasteiger partial charge in [0.05, 0.1) is 42.1 Å². The van der Waals surface area contributed by atoms with Crippen molar-refractivity contribution < 1.29 is 19.1 Å². The van der Waals surface area contributed by atoms with Crippen LogP contribution in [0.3, 0.4) is 0 Å². The van der Waals surface area contributed by atoms with Gasteiger partial charge in [-0.15, -0.1) is 0 Å². The number of fused-ring (bicyclic) bond motifs is 1. The number of benzene rings is 3. The van der Waals surface area contributed by atoms with Gasteiger partial charge in [0, 0.05) is 49.2 Å². The molecule has 12 heteroatoms. The summed E-state index contributed by atoms with van der Waals surface area (Å²) >= 11 is 5.94. The molecule has 242 valence electrons. The molecule has 1 aliphatic heterocycles. The standard InChI is InChI=1S/C35H35ClN6O5/c1-24(2)47-32-12-7-25(31(43)20-40-14-13-37-23-40)19-30(32)42-33(38-29-6-4-3-5-28(29)35(42)45)21-39-15-17-41(18-16-39)34(44)22-46-27-10-8-26(36)9-11-27/h3-14,19,23-24H,15-18,20-22H2,1-2H3. The number of carbonyl (C=O) groups excluding carboxylic acids is 2. The number of amides is 1. The van der Waals surface area contributed by atoms with Crippen LogP contribution in [-0.4, -0.2) is 79.5 Å². The number of halogens is 1. The number of hydrogen-bond donors (Lipinski definition) is 0. The highest BCUT2D eigenvalue weighted by Gasteiger charge is 2.25. The summed E-state index contributed by atoms with van der Waals surface area (Å²) in [4.78, 5) is 53.3. The van der Waals surface area contributed by atoms with E-state index >= 15 is 0 Å². The summed E-state index contributed by atoms with van der Waals surface area (Å²) in [6.45, 7) is 6.36. The van der Waals surface area contributed by atoms with Gasteiger partial charge in [-0.05, 0) is 68.4 Å². The first kappa shape index (κ1) is 32.0. The fraction of sp³-hybridized carbons (Fsp3) is 0.286. The highest BCUT2D eigenvalue weighted by Crippen LogP contribution is 2.27. The molecular formula is C35H35ClN6O5. The topological polar surface area (TPSA) is 112 Å². The van der Waals surface area contributed by atoms with Crippen molar-refractivity contribution in [1.29, 1.82) is 0 Å². The normalized spacial score (nSPS) is 13.7. The Kier molecular flexibility index (Phi) is 9.65. The Bertz CT molecular complexity index is 1930. The highest BCUT2D eigenvalue weighted by atomic mass is 35.5. The molecule has 0 bridgehead atoms.